The Bertz CT molecular complexity index is 817. The van der Waals surface area contributed by atoms with E-state index in [9.17, 15) is 24.0 Å². The van der Waals surface area contributed by atoms with Crippen molar-refractivity contribution < 1.29 is 34.2 Å². The van der Waals surface area contributed by atoms with Crippen molar-refractivity contribution in [2.45, 2.75) is 50.9 Å². The van der Waals surface area contributed by atoms with Crippen LogP contribution in [0.15, 0.2) is 12.5 Å². The Morgan fingerprint density at radius 2 is 1.69 bits per heavy atom. The Balaban J connectivity index is 3.00. The van der Waals surface area contributed by atoms with Crippen molar-refractivity contribution in [2.75, 3.05) is 5.75 Å². The standard InChI is InChI=1S/C18H28N6O7S/c1-8(2)14(17(29)23-12(18(30)31)4-13(25)26)24-16(28)11(3-9-5-20-7-21-9)22-15(27)10(19)6-32/h5,7-8,10-12,14,32H,3-4,6,19H2,1-2H3,(H,20,21)(H,22,27)(H,23,29)(H,24,28)(H,25,26)(H,30,31). The Morgan fingerprint density at radius 3 is 2.16 bits per heavy atom. The minimum atomic E-state index is -1.67. The van der Waals surface area contributed by atoms with Crippen LogP contribution in [0.1, 0.15) is 26.0 Å². The molecule has 32 heavy (non-hydrogen) atoms. The van der Waals surface area contributed by atoms with Crippen molar-refractivity contribution in [1.82, 2.24) is 25.9 Å². The quantitative estimate of drug-likeness (QED) is 0.147. The number of thiol groups is 1. The van der Waals surface area contributed by atoms with Gasteiger partial charge >= 0.3 is 11.9 Å². The SMILES string of the molecule is CC(C)C(NC(=O)C(Cc1cnc[nH]1)NC(=O)C(N)CS)C(=O)NC(CC(=O)O)C(=O)O. The van der Waals surface area contributed by atoms with Crippen molar-refractivity contribution in [3.63, 3.8) is 0 Å². The van der Waals surface area contributed by atoms with Gasteiger partial charge in [0.15, 0.2) is 0 Å². The maximum Gasteiger partial charge on any atom is 0.326 e. The van der Waals surface area contributed by atoms with Gasteiger partial charge in [0.1, 0.15) is 18.1 Å². The van der Waals surface area contributed by atoms with Crippen LogP contribution in [0.2, 0.25) is 0 Å². The van der Waals surface area contributed by atoms with Gasteiger partial charge in [-0.25, -0.2) is 9.78 Å². The number of carbonyl (C=O) groups excluding carboxylic acids is 3. The fourth-order valence-electron chi connectivity index (χ4n) is 2.61. The Kier molecular flexibility index (Phi) is 10.6. The van der Waals surface area contributed by atoms with Crippen LogP contribution in [0, 0.1) is 5.92 Å². The normalized spacial score (nSPS) is 14.7. The number of aromatic nitrogens is 2. The molecule has 1 heterocycles. The van der Waals surface area contributed by atoms with Crippen LogP contribution in [-0.4, -0.2) is 79.8 Å². The molecule has 0 fully saturated rings. The molecule has 0 aromatic carbocycles. The van der Waals surface area contributed by atoms with E-state index < -0.39 is 66.2 Å². The third-order valence-corrected chi connectivity index (χ3v) is 4.78. The number of carboxylic acid groups (broad SMARTS) is 2. The molecule has 0 radical (unpaired) electrons. The van der Waals surface area contributed by atoms with Crippen molar-refractivity contribution in [3.8, 4) is 0 Å². The van der Waals surface area contributed by atoms with E-state index >= 15 is 0 Å². The molecule has 14 heteroatoms. The lowest BCUT2D eigenvalue weighted by Crippen LogP contribution is -2.59. The van der Waals surface area contributed by atoms with E-state index in [2.05, 4.69) is 38.5 Å². The van der Waals surface area contributed by atoms with E-state index in [1.807, 2.05) is 0 Å². The number of aliphatic carboxylic acids is 2. The van der Waals surface area contributed by atoms with Crippen LogP contribution in [-0.2, 0) is 30.4 Å². The number of hydrogen-bond donors (Lipinski definition) is 8. The van der Waals surface area contributed by atoms with E-state index in [0.29, 0.717) is 5.69 Å². The summed E-state index contributed by atoms with van der Waals surface area (Å²) in [5.41, 5.74) is 6.18. The smallest absolute Gasteiger partial charge is 0.326 e. The highest BCUT2D eigenvalue weighted by Crippen LogP contribution is 2.07. The van der Waals surface area contributed by atoms with Crippen LogP contribution in [0.5, 0.6) is 0 Å². The van der Waals surface area contributed by atoms with Crippen LogP contribution in [0.4, 0.5) is 0 Å². The highest BCUT2D eigenvalue weighted by Gasteiger charge is 2.32. The molecule has 178 valence electrons. The Hall–Kier alpha value is -3.13. The van der Waals surface area contributed by atoms with Gasteiger partial charge in [-0.2, -0.15) is 12.6 Å². The summed E-state index contributed by atoms with van der Waals surface area (Å²) in [4.78, 5) is 66.5. The van der Waals surface area contributed by atoms with E-state index in [0.717, 1.165) is 0 Å². The molecule has 0 saturated carbocycles. The molecular formula is C18H28N6O7S. The van der Waals surface area contributed by atoms with E-state index in [4.69, 9.17) is 15.9 Å². The minimum absolute atomic E-state index is 0.0140. The molecule has 3 amide bonds. The summed E-state index contributed by atoms with van der Waals surface area (Å²) >= 11 is 3.95. The predicted molar refractivity (Wildman–Crippen MR) is 115 cm³/mol. The lowest BCUT2D eigenvalue weighted by atomic mass is 10.0. The van der Waals surface area contributed by atoms with Gasteiger partial charge in [0.2, 0.25) is 17.7 Å². The minimum Gasteiger partial charge on any atom is -0.481 e. The molecule has 0 aliphatic carbocycles. The van der Waals surface area contributed by atoms with Gasteiger partial charge < -0.3 is 36.9 Å². The first-order valence-electron chi connectivity index (χ1n) is 9.65. The molecule has 4 unspecified atom stereocenters. The second-order valence-corrected chi connectivity index (χ2v) is 7.72. The van der Waals surface area contributed by atoms with Gasteiger partial charge in [0.25, 0.3) is 0 Å². The zero-order valence-corrected chi connectivity index (χ0v) is 18.5. The maximum atomic E-state index is 12.9. The van der Waals surface area contributed by atoms with Gasteiger partial charge in [-0.3, -0.25) is 19.2 Å². The average Bonchev–Trinajstić information content (AvgIpc) is 3.22. The number of nitrogens with two attached hydrogens (primary N) is 1. The molecule has 0 aliphatic heterocycles. The average molecular weight is 473 g/mol. The summed E-state index contributed by atoms with van der Waals surface area (Å²) < 4.78 is 0. The van der Waals surface area contributed by atoms with Crippen molar-refractivity contribution in [1.29, 1.82) is 0 Å². The molecule has 0 saturated heterocycles. The zero-order valence-electron chi connectivity index (χ0n) is 17.6. The molecule has 1 aromatic rings. The largest absolute Gasteiger partial charge is 0.481 e. The fourth-order valence-corrected chi connectivity index (χ4v) is 2.78. The molecule has 0 aliphatic rings. The second-order valence-electron chi connectivity index (χ2n) is 7.36. The summed E-state index contributed by atoms with van der Waals surface area (Å²) in [5.74, 6) is -5.61. The first-order valence-corrected chi connectivity index (χ1v) is 10.3. The molecule has 1 aromatic heterocycles. The number of rotatable bonds is 13. The molecule has 1 rings (SSSR count). The molecule has 13 nitrogen and oxygen atoms in total. The fraction of sp³-hybridized carbons (Fsp3) is 0.556. The summed E-state index contributed by atoms with van der Waals surface area (Å²) in [6, 6.07) is -4.96. The number of carbonyl (C=O) groups is 5. The van der Waals surface area contributed by atoms with E-state index in [1.165, 1.54) is 12.5 Å². The third-order valence-electron chi connectivity index (χ3n) is 4.39. The number of aromatic amines is 1. The topological polar surface area (TPSA) is 217 Å². The number of carboxylic acids is 2. The number of nitrogens with zero attached hydrogens (tertiary/aromatic N) is 1. The summed E-state index contributed by atoms with van der Waals surface area (Å²) in [6.45, 7) is 3.22. The highest BCUT2D eigenvalue weighted by molar-refractivity contribution is 7.80. The van der Waals surface area contributed by atoms with Crippen LogP contribution in [0.25, 0.3) is 0 Å². The molecule has 0 bridgehead atoms. The number of H-pyrrole nitrogens is 1. The van der Waals surface area contributed by atoms with Gasteiger partial charge in [0.05, 0.1) is 18.8 Å². The number of nitrogens with one attached hydrogen (secondary N) is 4. The Labute approximate surface area is 189 Å². The van der Waals surface area contributed by atoms with E-state index in [1.54, 1.807) is 13.8 Å². The first kappa shape index (κ1) is 26.9. The maximum absolute atomic E-state index is 12.9. The van der Waals surface area contributed by atoms with Gasteiger partial charge in [-0.05, 0) is 5.92 Å². The Morgan fingerprint density at radius 1 is 1.06 bits per heavy atom. The lowest BCUT2D eigenvalue weighted by molar-refractivity contribution is -0.147. The van der Waals surface area contributed by atoms with Crippen LogP contribution in [0.3, 0.4) is 0 Å². The second kappa shape index (κ2) is 12.7. The number of hydrogen-bond acceptors (Lipinski definition) is 8. The van der Waals surface area contributed by atoms with E-state index in [-0.39, 0.29) is 12.2 Å². The predicted octanol–water partition coefficient (Wildman–Crippen LogP) is -2.12. The van der Waals surface area contributed by atoms with Gasteiger partial charge in [-0.15, -0.1) is 0 Å². The van der Waals surface area contributed by atoms with Gasteiger partial charge in [0, 0.05) is 24.1 Å². The van der Waals surface area contributed by atoms with Crippen molar-refractivity contribution >= 4 is 42.3 Å². The summed E-state index contributed by atoms with van der Waals surface area (Å²) in [7, 11) is 0. The first-order chi connectivity index (χ1) is 15.0. The highest BCUT2D eigenvalue weighted by atomic mass is 32.1. The summed E-state index contributed by atoms with van der Waals surface area (Å²) in [5, 5.41) is 25.1. The van der Waals surface area contributed by atoms with Gasteiger partial charge in [-0.1, -0.05) is 13.8 Å². The molecular weight excluding hydrogens is 444 g/mol. The molecule has 0 spiro atoms. The number of amides is 3. The number of imidazole rings is 1. The lowest BCUT2D eigenvalue weighted by Gasteiger charge is -2.26. The summed E-state index contributed by atoms with van der Waals surface area (Å²) in [6.07, 6.45) is 2.03. The van der Waals surface area contributed by atoms with Crippen molar-refractivity contribution in [3.05, 3.63) is 18.2 Å². The monoisotopic (exact) mass is 472 g/mol. The molecule has 4 atom stereocenters. The zero-order chi connectivity index (χ0) is 24.4. The van der Waals surface area contributed by atoms with Crippen LogP contribution >= 0.6 is 12.6 Å². The third kappa shape index (κ3) is 8.55. The van der Waals surface area contributed by atoms with Crippen molar-refractivity contribution in [2.24, 2.45) is 11.7 Å². The molecule has 8 N–H and O–H groups in total. The van der Waals surface area contributed by atoms with Crippen LogP contribution < -0.4 is 21.7 Å².